The average Bonchev–Trinajstić information content (AvgIpc) is 3.36. The predicted octanol–water partition coefficient (Wildman–Crippen LogP) is 4.44. The normalized spacial score (nSPS) is 19.2. The number of nitrogens with one attached hydrogen (secondary N) is 3. The van der Waals surface area contributed by atoms with Crippen LogP contribution in [0.3, 0.4) is 0 Å². The van der Waals surface area contributed by atoms with Crippen molar-refractivity contribution in [3.8, 4) is 5.75 Å². The van der Waals surface area contributed by atoms with Crippen LogP contribution in [-0.2, 0) is 28.0 Å². The fraction of sp³-hybridized carbons (Fsp3) is 0.364. The first kappa shape index (κ1) is 27.4. The minimum Gasteiger partial charge on any atom is -0.497 e. The number of amides is 3. The van der Waals surface area contributed by atoms with Gasteiger partial charge in [-0.1, -0.05) is 73.9 Å². The number of carbonyl (C=O) groups excluding carboxylic acids is 3. The van der Waals surface area contributed by atoms with Crippen LogP contribution < -0.4 is 20.7 Å². The molecule has 3 amide bonds. The number of fused-ring (bicyclic) bond motifs is 1. The molecule has 1 fully saturated rings. The minimum absolute atomic E-state index is 0.111. The Balaban J connectivity index is 1.47. The highest BCUT2D eigenvalue weighted by molar-refractivity contribution is 6.01. The first-order chi connectivity index (χ1) is 19.5. The van der Waals surface area contributed by atoms with Crippen LogP contribution in [0.2, 0.25) is 0 Å². The molecule has 1 saturated carbocycles. The van der Waals surface area contributed by atoms with Gasteiger partial charge in [0.2, 0.25) is 5.91 Å². The number of aryl methyl sites for hydroxylation is 1. The molecule has 5 rings (SSSR count). The Morgan fingerprint density at radius 3 is 2.33 bits per heavy atom. The topological polar surface area (TPSA) is 96.5 Å². The summed E-state index contributed by atoms with van der Waals surface area (Å²) in [6.07, 6.45) is 6.59. The highest BCUT2D eigenvalue weighted by Gasteiger charge is 2.48. The fourth-order valence-corrected chi connectivity index (χ4v) is 5.92. The molecule has 3 aromatic rings. The lowest BCUT2D eigenvalue weighted by atomic mass is 9.89. The Bertz CT molecular complexity index is 1340. The van der Waals surface area contributed by atoms with E-state index in [0.29, 0.717) is 36.1 Å². The quantitative estimate of drug-likeness (QED) is 0.375. The van der Waals surface area contributed by atoms with Crippen LogP contribution in [-0.4, -0.2) is 36.9 Å². The zero-order chi connectivity index (χ0) is 28.0. The third kappa shape index (κ3) is 6.03. The van der Waals surface area contributed by atoms with Gasteiger partial charge in [-0.2, -0.15) is 0 Å². The molecular formula is C33H37N3O4. The van der Waals surface area contributed by atoms with Crippen LogP contribution in [0.1, 0.15) is 65.6 Å². The van der Waals surface area contributed by atoms with Crippen LogP contribution in [0.25, 0.3) is 0 Å². The van der Waals surface area contributed by atoms with Gasteiger partial charge in [0.25, 0.3) is 11.8 Å². The summed E-state index contributed by atoms with van der Waals surface area (Å²) >= 11 is 0. The van der Waals surface area contributed by atoms with Crippen molar-refractivity contribution >= 4 is 17.7 Å². The van der Waals surface area contributed by atoms with Crippen molar-refractivity contribution in [2.45, 2.75) is 69.0 Å². The van der Waals surface area contributed by atoms with Crippen LogP contribution in [0.5, 0.6) is 5.75 Å². The molecule has 0 spiro atoms. The zero-order valence-electron chi connectivity index (χ0n) is 23.0. The second-order valence-corrected chi connectivity index (χ2v) is 10.8. The van der Waals surface area contributed by atoms with Crippen molar-refractivity contribution in [1.29, 1.82) is 0 Å². The molecule has 40 heavy (non-hydrogen) atoms. The van der Waals surface area contributed by atoms with Crippen molar-refractivity contribution in [2.24, 2.45) is 0 Å². The lowest BCUT2D eigenvalue weighted by molar-refractivity contribution is -0.133. The molecular weight excluding hydrogens is 502 g/mol. The van der Waals surface area contributed by atoms with Crippen molar-refractivity contribution < 1.29 is 19.1 Å². The molecule has 7 nitrogen and oxygen atoms in total. The number of methoxy groups -OCH3 is 1. The van der Waals surface area contributed by atoms with Crippen molar-refractivity contribution in [3.63, 3.8) is 0 Å². The lowest BCUT2D eigenvalue weighted by Crippen LogP contribution is -2.60. The molecule has 3 aromatic carbocycles. The Kier molecular flexibility index (Phi) is 8.48. The smallest absolute Gasteiger partial charge is 0.252 e. The molecule has 2 aliphatic carbocycles. The Morgan fingerprint density at radius 1 is 0.925 bits per heavy atom. The Morgan fingerprint density at radius 2 is 1.62 bits per heavy atom. The van der Waals surface area contributed by atoms with Gasteiger partial charge < -0.3 is 20.7 Å². The third-order valence-corrected chi connectivity index (χ3v) is 8.15. The second-order valence-electron chi connectivity index (χ2n) is 10.8. The average molecular weight is 540 g/mol. The predicted molar refractivity (Wildman–Crippen MR) is 154 cm³/mol. The maximum atomic E-state index is 14.3. The molecule has 0 aliphatic heterocycles. The molecule has 0 bridgehead atoms. The van der Waals surface area contributed by atoms with Gasteiger partial charge in [0.05, 0.1) is 7.11 Å². The van der Waals surface area contributed by atoms with Gasteiger partial charge in [-0.25, -0.2) is 0 Å². The van der Waals surface area contributed by atoms with Crippen LogP contribution in [0.15, 0.2) is 78.9 Å². The number of rotatable bonds is 9. The lowest BCUT2D eigenvalue weighted by Gasteiger charge is -2.33. The number of benzene rings is 3. The highest BCUT2D eigenvalue weighted by atomic mass is 16.5. The molecule has 0 aromatic heterocycles. The van der Waals surface area contributed by atoms with Crippen LogP contribution in [0, 0.1) is 0 Å². The molecule has 0 radical (unpaired) electrons. The van der Waals surface area contributed by atoms with Crippen LogP contribution in [0.4, 0.5) is 0 Å². The van der Waals surface area contributed by atoms with E-state index in [9.17, 15) is 14.4 Å². The molecule has 0 heterocycles. The van der Waals surface area contributed by atoms with Gasteiger partial charge in [0.1, 0.15) is 17.3 Å². The zero-order valence-corrected chi connectivity index (χ0v) is 23.0. The molecule has 2 unspecified atom stereocenters. The number of ether oxygens (including phenoxy) is 1. The first-order valence-corrected chi connectivity index (χ1v) is 14.2. The van der Waals surface area contributed by atoms with Gasteiger partial charge in [-0.15, -0.1) is 0 Å². The number of hydrogen-bond acceptors (Lipinski definition) is 4. The largest absolute Gasteiger partial charge is 0.497 e. The summed E-state index contributed by atoms with van der Waals surface area (Å²) in [4.78, 5) is 41.4. The van der Waals surface area contributed by atoms with E-state index in [2.05, 4.69) is 16.0 Å². The van der Waals surface area contributed by atoms with Gasteiger partial charge in [-0.05, 0) is 66.6 Å². The molecule has 208 valence electrons. The first-order valence-electron chi connectivity index (χ1n) is 14.2. The third-order valence-electron chi connectivity index (χ3n) is 8.15. The highest BCUT2D eigenvalue weighted by Crippen LogP contribution is 2.39. The van der Waals surface area contributed by atoms with Crippen LogP contribution >= 0.6 is 0 Å². The van der Waals surface area contributed by atoms with E-state index in [1.807, 2.05) is 54.6 Å². The van der Waals surface area contributed by atoms with Gasteiger partial charge in [0.15, 0.2) is 0 Å². The summed E-state index contributed by atoms with van der Waals surface area (Å²) < 4.78 is 5.48. The number of hydrogen-bond donors (Lipinski definition) is 3. The summed E-state index contributed by atoms with van der Waals surface area (Å²) in [6, 6.07) is 23.5. The van der Waals surface area contributed by atoms with E-state index in [4.69, 9.17) is 4.74 Å². The maximum Gasteiger partial charge on any atom is 0.252 e. The molecule has 0 saturated heterocycles. The summed E-state index contributed by atoms with van der Waals surface area (Å²) in [7, 11) is 1.58. The van der Waals surface area contributed by atoms with E-state index in [-0.39, 0.29) is 17.9 Å². The number of carbonyl (C=O) groups is 3. The van der Waals surface area contributed by atoms with Gasteiger partial charge in [-0.3, -0.25) is 14.4 Å². The van der Waals surface area contributed by atoms with Crippen molar-refractivity contribution in [2.75, 3.05) is 7.11 Å². The Labute approximate surface area is 235 Å². The summed E-state index contributed by atoms with van der Waals surface area (Å²) in [5.41, 5.74) is 1.72. The maximum absolute atomic E-state index is 14.3. The van der Waals surface area contributed by atoms with Gasteiger partial charge >= 0.3 is 0 Å². The second kappa shape index (κ2) is 12.4. The van der Waals surface area contributed by atoms with E-state index in [1.165, 1.54) is 6.42 Å². The standard InChI is InChI=1S/C33H37N3O4/c1-40-27-18-17-24-19-20-33(28(24)22-27,36-30(37)25-13-7-3-8-14-25)32(39)35-29(21-23-11-5-2-6-12-23)31(38)34-26-15-9-4-10-16-26/h2-3,5-8,11-14,17-18,22,26,29H,4,9-10,15-16,19-21H2,1H3,(H,34,38)(H,35,39)(H,36,37). The molecule has 3 N–H and O–H groups in total. The summed E-state index contributed by atoms with van der Waals surface area (Å²) in [6.45, 7) is 0. The van der Waals surface area contributed by atoms with E-state index in [0.717, 1.165) is 36.8 Å². The van der Waals surface area contributed by atoms with Gasteiger partial charge in [0, 0.05) is 18.0 Å². The van der Waals surface area contributed by atoms with Crippen molar-refractivity contribution in [1.82, 2.24) is 16.0 Å². The summed E-state index contributed by atoms with van der Waals surface area (Å²) in [5, 5.41) is 9.32. The van der Waals surface area contributed by atoms with E-state index < -0.39 is 17.5 Å². The van der Waals surface area contributed by atoms with E-state index in [1.54, 1.807) is 31.4 Å². The fourth-order valence-electron chi connectivity index (χ4n) is 5.92. The monoisotopic (exact) mass is 539 g/mol. The molecule has 7 heteroatoms. The molecule has 2 aliphatic rings. The van der Waals surface area contributed by atoms with Crippen molar-refractivity contribution in [3.05, 3.63) is 101 Å². The van der Waals surface area contributed by atoms with E-state index >= 15 is 0 Å². The minimum atomic E-state index is -1.35. The summed E-state index contributed by atoms with van der Waals surface area (Å²) in [5.74, 6) is -0.346. The SMILES string of the molecule is COc1ccc2c(c1)C(NC(=O)c1ccccc1)(C(=O)NC(Cc1ccccc1)C(=O)NC1CCCCC1)CC2. The molecule has 2 atom stereocenters. The Hall–Kier alpha value is -4.13.